The fraction of sp³-hybridized carbons (Fsp3) is 0.421. The van der Waals surface area contributed by atoms with Crippen molar-refractivity contribution >= 4 is 11.7 Å². The van der Waals surface area contributed by atoms with E-state index in [1.54, 1.807) is 18.5 Å². The fourth-order valence-electron chi connectivity index (χ4n) is 3.67. The zero-order valence-electron chi connectivity index (χ0n) is 14.0. The summed E-state index contributed by atoms with van der Waals surface area (Å²) in [6, 6.07) is 6.35. The number of halogens is 1. The highest BCUT2D eigenvalue weighted by atomic mass is 19.1. The molecule has 6 heteroatoms. The summed E-state index contributed by atoms with van der Waals surface area (Å²) in [6.07, 6.45) is 6.04. The topological polar surface area (TPSA) is 58.1 Å². The number of benzene rings is 1. The van der Waals surface area contributed by atoms with Gasteiger partial charge in [-0.1, -0.05) is 12.1 Å². The van der Waals surface area contributed by atoms with E-state index in [4.69, 9.17) is 0 Å². The zero-order valence-corrected chi connectivity index (χ0v) is 14.0. The summed E-state index contributed by atoms with van der Waals surface area (Å²) < 4.78 is 13.0. The third-order valence-electron chi connectivity index (χ3n) is 5.03. The van der Waals surface area contributed by atoms with Crippen molar-refractivity contribution in [3.63, 3.8) is 0 Å². The normalized spacial score (nSPS) is 19.1. The predicted octanol–water partition coefficient (Wildman–Crippen LogP) is 2.36. The molecule has 0 spiro atoms. The first kappa shape index (κ1) is 16.0. The van der Waals surface area contributed by atoms with E-state index in [-0.39, 0.29) is 17.8 Å². The summed E-state index contributed by atoms with van der Waals surface area (Å²) >= 11 is 0. The van der Waals surface area contributed by atoms with Crippen LogP contribution in [0.5, 0.6) is 0 Å². The molecule has 2 aromatic rings. The monoisotopic (exact) mass is 340 g/mol. The van der Waals surface area contributed by atoms with Crippen LogP contribution in [0.3, 0.4) is 0 Å². The van der Waals surface area contributed by atoms with E-state index in [1.807, 2.05) is 4.90 Å². The van der Waals surface area contributed by atoms with Crippen LogP contribution < -0.4 is 5.32 Å². The Morgan fingerprint density at radius 3 is 2.92 bits per heavy atom. The molecule has 1 N–H and O–H groups in total. The number of likely N-dealkylation sites (tertiary alicyclic amines) is 1. The average molecular weight is 340 g/mol. The van der Waals surface area contributed by atoms with Crippen LogP contribution in [-0.2, 0) is 24.1 Å². The Hall–Kier alpha value is -2.50. The van der Waals surface area contributed by atoms with Crippen LogP contribution in [-0.4, -0.2) is 39.9 Å². The van der Waals surface area contributed by atoms with Crippen molar-refractivity contribution in [3.05, 3.63) is 53.2 Å². The number of rotatable bonds is 4. The number of nitrogens with zero attached hydrogens (tertiary/aromatic N) is 3. The van der Waals surface area contributed by atoms with E-state index in [1.165, 1.54) is 17.7 Å². The van der Waals surface area contributed by atoms with Crippen LogP contribution in [0, 0.1) is 5.82 Å². The van der Waals surface area contributed by atoms with Gasteiger partial charge in [-0.05, 0) is 43.4 Å². The number of fused-ring (bicyclic) bond motifs is 1. The lowest BCUT2D eigenvalue weighted by molar-refractivity contribution is -0.129. The molecule has 1 aromatic heterocycles. The van der Waals surface area contributed by atoms with Crippen molar-refractivity contribution in [2.75, 3.05) is 18.4 Å². The molecule has 1 unspecified atom stereocenters. The van der Waals surface area contributed by atoms with Gasteiger partial charge < -0.3 is 10.2 Å². The van der Waals surface area contributed by atoms with Crippen LogP contribution in [0.1, 0.15) is 29.7 Å². The van der Waals surface area contributed by atoms with Crippen LogP contribution in [0.2, 0.25) is 0 Å². The number of anilines is 1. The number of carbonyl (C=O) groups is 1. The number of hydrogen-bond acceptors (Lipinski definition) is 4. The first-order valence-electron chi connectivity index (χ1n) is 8.80. The van der Waals surface area contributed by atoms with E-state index in [0.29, 0.717) is 13.0 Å². The summed E-state index contributed by atoms with van der Waals surface area (Å²) in [5, 5.41) is 3.50. The maximum atomic E-state index is 13.0. The van der Waals surface area contributed by atoms with Crippen LogP contribution in [0.15, 0.2) is 30.6 Å². The van der Waals surface area contributed by atoms with E-state index in [0.717, 1.165) is 49.3 Å². The summed E-state index contributed by atoms with van der Waals surface area (Å²) in [5.41, 5.74) is 3.23. The molecule has 0 saturated carbocycles. The van der Waals surface area contributed by atoms with Crippen LogP contribution in [0.4, 0.5) is 10.2 Å². The molecule has 2 heterocycles. The minimum atomic E-state index is -0.279. The van der Waals surface area contributed by atoms with Gasteiger partial charge in [-0.2, -0.15) is 0 Å². The quantitative estimate of drug-likeness (QED) is 0.928. The predicted molar refractivity (Wildman–Crippen MR) is 92.8 cm³/mol. The Balaban J connectivity index is 1.36. The molecule has 130 valence electrons. The highest BCUT2D eigenvalue weighted by molar-refractivity contribution is 5.79. The molecule has 0 radical (unpaired) electrons. The van der Waals surface area contributed by atoms with Gasteiger partial charge in [0, 0.05) is 30.4 Å². The van der Waals surface area contributed by atoms with Gasteiger partial charge in [-0.25, -0.2) is 14.4 Å². The highest BCUT2D eigenvalue weighted by Crippen LogP contribution is 2.26. The maximum Gasteiger partial charge on any atom is 0.227 e. The Bertz CT molecular complexity index is 777. The molecule has 1 amide bonds. The SMILES string of the molecule is O=C(Cc1ccc(F)cc1)N1CCC(Nc2ncnc3c2CCC3)C1. The first-order chi connectivity index (χ1) is 12.2. The lowest BCUT2D eigenvalue weighted by atomic mass is 10.1. The van der Waals surface area contributed by atoms with Gasteiger partial charge in [0.15, 0.2) is 0 Å². The van der Waals surface area contributed by atoms with Gasteiger partial charge in [0.2, 0.25) is 5.91 Å². The third kappa shape index (κ3) is 3.48. The number of hydrogen-bond donors (Lipinski definition) is 1. The number of aryl methyl sites for hydroxylation is 1. The molecular weight excluding hydrogens is 319 g/mol. The van der Waals surface area contributed by atoms with E-state index >= 15 is 0 Å². The molecule has 1 aliphatic heterocycles. The molecule has 1 fully saturated rings. The second-order valence-electron chi connectivity index (χ2n) is 6.77. The van der Waals surface area contributed by atoms with E-state index in [2.05, 4.69) is 15.3 Å². The van der Waals surface area contributed by atoms with Crippen molar-refractivity contribution in [2.45, 2.75) is 38.1 Å². The van der Waals surface area contributed by atoms with Crippen molar-refractivity contribution in [2.24, 2.45) is 0 Å². The largest absolute Gasteiger partial charge is 0.365 e. The summed E-state index contributed by atoms with van der Waals surface area (Å²) in [5.74, 6) is 0.739. The number of amides is 1. The van der Waals surface area contributed by atoms with Crippen LogP contribution >= 0.6 is 0 Å². The van der Waals surface area contributed by atoms with E-state index in [9.17, 15) is 9.18 Å². The molecule has 4 rings (SSSR count). The van der Waals surface area contributed by atoms with Gasteiger partial charge in [0.05, 0.1) is 6.42 Å². The summed E-state index contributed by atoms with van der Waals surface area (Å²) in [7, 11) is 0. The Labute approximate surface area is 146 Å². The van der Waals surface area contributed by atoms with Crippen molar-refractivity contribution in [1.29, 1.82) is 0 Å². The van der Waals surface area contributed by atoms with Gasteiger partial charge in [0.1, 0.15) is 18.0 Å². The van der Waals surface area contributed by atoms with Crippen molar-refractivity contribution < 1.29 is 9.18 Å². The average Bonchev–Trinajstić information content (AvgIpc) is 3.26. The summed E-state index contributed by atoms with van der Waals surface area (Å²) in [6.45, 7) is 1.42. The Morgan fingerprint density at radius 1 is 1.24 bits per heavy atom. The lowest BCUT2D eigenvalue weighted by Crippen LogP contribution is -2.33. The zero-order chi connectivity index (χ0) is 17.2. The Morgan fingerprint density at radius 2 is 2.08 bits per heavy atom. The molecule has 1 aromatic carbocycles. The van der Waals surface area contributed by atoms with Gasteiger partial charge in [-0.15, -0.1) is 0 Å². The standard InChI is InChI=1S/C19H21FN4O/c20-14-6-4-13(5-7-14)10-18(25)24-9-8-15(11-24)23-19-16-2-1-3-17(16)21-12-22-19/h4-7,12,15H,1-3,8-11H2,(H,21,22,23). The Kier molecular flexibility index (Phi) is 4.34. The molecule has 1 saturated heterocycles. The number of nitrogens with one attached hydrogen (secondary N) is 1. The highest BCUT2D eigenvalue weighted by Gasteiger charge is 2.27. The second kappa shape index (κ2) is 6.78. The number of carbonyl (C=O) groups excluding carboxylic acids is 1. The minimum absolute atomic E-state index is 0.0869. The molecule has 25 heavy (non-hydrogen) atoms. The fourth-order valence-corrected chi connectivity index (χ4v) is 3.67. The molecule has 5 nitrogen and oxygen atoms in total. The molecule has 1 aliphatic carbocycles. The van der Waals surface area contributed by atoms with Crippen molar-refractivity contribution in [1.82, 2.24) is 14.9 Å². The molecule has 2 aliphatic rings. The van der Waals surface area contributed by atoms with Gasteiger partial charge in [-0.3, -0.25) is 4.79 Å². The third-order valence-corrected chi connectivity index (χ3v) is 5.03. The lowest BCUT2D eigenvalue weighted by Gasteiger charge is -2.18. The summed E-state index contributed by atoms with van der Waals surface area (Å²) in [4.78, 5) is 23.1. The maximum absolute atomic E-state index is 13.0. The molecule has 0 bridgehead atoms. The molecular formula is C19H21FN4O. The van der Waals surface area contributed by atoms with Gasteiger partial charge >= 0.3 is 0 Å². The number of aromatic nitrogens is 2. The minimum Gasteiger partial charge on any atom is -0.365 e. The van der Waals surface area contributed by atoms with Crippen LogP contribution in [0.25, 0.3) is 0 Å². The first-order valence-corrected chi connectivity index (χ1v) is 8.80. The van der Waals surface area contributed by atoms with Gasteiger partial charge in [0.25, 0.3) is 0 Å². The molecule has 1 atom stereocenters. The second-order valence-corrected chi connectivity index (χ2v) is 6.77. The van der Waals surface area contributed by atoms with E-state index < -0.39 is 0 Å². The smallest absolute Gasteiger partial charge is 0.227 e. The van der Waals surface area contributed by atoms with Crippen molar-refractivity contribution in [3.8, 4) is 0 Å².